The second-order valence-electron chi connectivity index (χ2n) is 9.70. The molecule has 4 saturated carbocycles. The Morgan fingerprint density at radius 3 is 2.04 bits per heavy atom. The lowest BCUT2D eigenvalue weighted by molar-refractivity contribution is -0.131. The summed E-state index contributed by atoms with van der Waals surface area (Å²) in [5.41, 5.74) is 2.25. The van der Waals surface area contributed by atoms with Crippen LogP contribution in [0.3, 0.4) is 0 Å². The van der Waals surface area contributed by atoms with Crippen LogP contribution in [0, 0.1) is 23.2 Å². The first-order chi connectivity index (χ1) is 12.9. The Morgan fingerprint density at radius 1 is 0.963 bits per heavy atom. The Balaban J connectivity index is 1.25. The van der Waals surface area contributed by atoms with Crippen LogP contribution >= 0.6 is 0 Å². The second-order valence-corrected chi connectivity index (χ2v) is 9.70. The molecule has 0 radical (unpaired) electrons. The average molecular weight is 369 g/mol. The number of hydrogen-bond acceptors (Lipinski definition) is 2. The molecule has 0 saturated heterocycles. The molecule has 146 valence electrons. The van der Waals surface area contributed by atoms with Crippen molar-refractivity contribution in [2.75, 3.05) is 11.9 Å². The van der Waals surface area contributed by atoms with Crippen molar-refractivity contribution in [3.8, 4) is 0 Å². The monoisotopic (exact) mass is 368 g/mol. The average Bonchev–Trinajstić information content (AvgIpc) is 2.59. The third-order valence-corrected chi connectivity index (χ3v) is 7.01. The Kier molecular flexibility index (Phi) is 5.00. The SMILES string of the molecule is CC(C)c1ccc(NC(=O)CNC(=O)CC23CC4CC(CC(C4)C2)C3)cc1. The van der Waals surface area contributed by atoms with Gasteiger partial charge in [-0.05, 0) is 85.3 Å². The second kappa shape index (κ2) is 7.29. The van der Waals surface area contributed by atoms with E-state index in [1.54, 1.807) is 0 Å². The predicted octanol–water partition coefficient (Wildman–Crippen LogP) is 4.47. The molecule has 0 unspecified atom stereocenters. The van der Waals surface area contributed by atoms with Crippen molar-refractivity contribution in [3.63, 3.8) is 0 Å². The summed E-state index contributed by atoms with van der Waals surface area (Å²) < 4.78 is 0. The number of nitrogens with one attached hydrogen (secondary N) is 2. The number of benzene rings is 1. The van der Waals surface area contributed by atoms with Crippen LogP contribution in [0.2, 0.25) is 0 Å². The van der Waals surface area contributed by atoms with E-state index in [1.807, 2.05) is 24.3 Å². The number of hydrogen-bond donors (Lipinski definition) is 2. The van der Waals surface area contributed by atoms with Gasteiger partial charge in [0.15, 0.2) is 0 Å². The van der Waals surface area contributed by atoms with Crippen LogP contribution < -0.4 is 10.6 Å². The lowest BCUT2D eigenvalue weighted by atomic mass is 9.49. The molecule has 2 amide bonds. The van der Waals surface area contributed by atoms with E-state index < -0.39 is 0 Å². The van der Waals surface area contributed by atoms with Gasteiger partial charge in [0.05, 0.1) is 6.54 Å². The van der Waals surface area contributed by atoms with Crippen LogP contribution in [-0.2, 0) is 9.59 Å². The molecular weight excluding hydrogens is 336 g/mol. The first kappa shape index (κ1) is 18.5. The summed E-state index contributed by atoms with van der Waals surface area (Å²) in [5.74, 6) is 2.90. The summed E-state index contributed by atoms with van der Waals surface area (Å²) in [6.45, 7) is 4.34. The molecule has 0 aromatic heterocycles. The van der Waals surface area contributed by atoms with Crippen molar-refractivity contribution < 1.29 is 9.59 Å². The van der Waals surface area contributed by atoms with Crippen molar-refractivity contribution in [2.45, 2.75) is 64.7 Å². The number of amides is 2. The van der Waals surface area contributed by atoms with Gasteiger partial charge in [-0.25, -0.2) is 0 Å². The molecule has 4 aliphatic carbocycles. The third kappa shape index (κ3) is 4.20. The maximum absolute atomic E-state index is 12.5. The van der Waals surface area contributed by atoms with E-state index in [4.69, 9.17) is 0 Å². The first-order valence-electron chi connectivity index (χ1n) is 10.6. The Hall–Kier alpha value is -1.84. The van der Waals surface area contributed by atoms with Crippen LogP contribution in [0.1, 0.15) is 70.3 Å². The number of carbonyl (C=O) groups is 2. The van der Waals surface area contributed by atoms with Crippen LogP contribution in [-0.4, -0.2) is 18.4 Å². The molecule has 1 aromatic rings. The van der Waals surface area contributed by atoms with Gasteiger partial charge < -0.3 is 10.6 Å². The first-order valence-corrected chi connectivity index (χ1v) is 10.6. The van der Waals surface area contributed by atoms with E-state index in [2.05, 4.69) is 24.5 Å². The zero-order valence-corrected chi connectivity index (χ0v) is 16.6. The molecule has 4 bridgehead atoms. The van der Waals surface area contributed by atoms with Crippen LogP contribution in [0.25, 0.3) is 0 Å². The van der Waals surface area contributed by atoms with Gasteiger partial charge in [0, 0.05) is 12.1 Å². The normalized spacial score (nSPS) is 31.1. The Morgan fingerprint density at radius 2 is 1.52 bits per heavy atom. The Labute approximate surface area is 162 Å². The molecule has 4 heteroatoms. The van der Waals surface area contributed by atoms with Gasteiger partial charge in [-0.15, -0.1) is 0 Å². The highest BCUT2D eigenvalue weighted by molar-refractivity contribution is 5.94. The van der Waals surface area contributed by atoms with Crippen molar-refractivity contribution in [1.82, 2.24) is 5.32 Å². The summed E-state index contributed by atoms with van der Waals surface area (Å²) in [4.78, 5) is 24.7. The molecule has 4 aliphatic rings. The summed E-state index contributed by atoms with van der Waals surface area (Å²) >= 11 is 0. The molecule has 0 atom stereocenters. The molecule has 5 rings (SSSR count). The van der Waals surface area contributed by atoms with Gasteiger partial charge in [-0.1, -0.05) is 26.0 Å². The maximum atomic E-state index is 12.5. The minimum Gasteiger partial charge on any atom is -0.347 e. The van der Waals surface area contributed by atoms with E-state index in [0.29, 0.717) is 12.3 Å². The van der Waals surface area contributed by atoms with Gasteiger partial charge in [-0.3, -0.25) is 9.59 Å². The molecule has 2 N–H and O–H groups in total. The van der Waals surface area contributed by atoms with E-state index in [0.717, 1.165) is 23.4 Å². The van der Waals surface area contributed by atoms with E-state index >= 15 is 0 Å². The van der Waals surface area contributed by atoms with Gasteiger partial charge >= 0.3 is 0 Å². The largest absolute Gasteiger partial charge is 0.347 e. The standard InChI is InChI=1S/C23H32N2O2/c1-15(2)19-3-5-20(6-4-19)25-22(27)14-24-21(26)13-23-10-16-7-17(11-23)9-18(8-16)12-23/h3-6,15-18H,7-14H2,1-2H3,(H,24,26)(H,25,27). The summed E-state index contributed by atoms with van der Waals surface area (Å²) in [6.07, 6.45) is 8.44. The molecule has 27 heavy (non-hydrogen) atoms. The summed E-state index contributed by atoms with van der Waals surface area (Å²) in [7, 11) is 0. The van der Waals surface area contributed by atoms with Gasteiger partial charge in [0.25, 0.3) is 0 Å². The topological polar surface area (TPSA) is 58.2 Å². The third-order valence-electron chi connectivity index (χ3n) is 7.01. The molecule has 0 aliphatic heterocycles. The van der Waals surface area contributed by atoms with Crippen molar-refractivity contribution in [3.05, 3.63) is 29.8 Å². The highest BCUT2D eigenvalue weighted by Crippen LogP contribution is 2.61. The fraction of sp³-hybridized carbons (Fsp3) is 0.652. The fourth-order valence-electron chi connectivity index (χ4n) is 6.25. The smallest absolute Gasteiger partial charge is 0.243 e. The number of anilines is 1. The van der Waals surface area contributed by atoms with Crippen LogP contribution in [0.5, 0.6) is 0 Å². The minimum atomic E-state index is -0.161. The molecular formula is C23H32N2O2. The van der Waals surface area contributed by atoms with Crippen molar-refractivity contribution >= 4 is 17.5 Å². The quantitative estimate of drug-likeness (QED) is 0.778. The van der Waals surface area contributed by atoms with Crippen molar-refractivity contribution in [1.29, 1.82) is 0 Å². The lowest BCUT2D eigenvalue weighted by Crippen LogP contribution is -2.48. The Bertz CT molecular complexity index is 672. The van der Waals surface area contributed by atoms with E-state index in [9.17, 15) is 9.59 Å². The lowest BCUT2D eigenvalue weighted by Gasteiger charge is -2.56. The fourth-order valence-corrected chi connectivity index (χ4v) is 6.25. The van der Waals surface area contributed by atoms with Gasteiger partial charge in [0.2, 0.25) is 11.8 Å². The van der Waals surface area contributed by atoms with E-state index in [-0.39, 0.29) is 23.8 Å². The summed E-state index contributed by atoms with van der Waals surface area (Å²) in [5, 5.41) is 5.73. The predicted molar refractivity (Wildman–Crippen MR) is 107 cm³/mol. The summed E-state index contributed by atoms with van der Waals surface area (Å²) in [6, 6.07) is 7.91. The maximum Gasteiger partial charge on any atom is 0.243 e. The van der Waals surface area contributed by atoms with Gasteiger partial charge in [0.1, 0.15) is 0 Å². The highest BCUT2D eigenvalue weighted by Gasteiger charge is 2.51. The molecule has 1 aromatic carbocycles. The zero-order chi connectivity index (χ0) is 19.0. The molecule has 4 nitrogen and oxygen atoms in total. The molecule has 0 spiro atoms. The van der Waals surface area contributed by atoms with Gasteiger partial charge in [-0.2, -0.15) is 0 Å². The minimum absolute atomic E-state index is 0.0438. The van der Waals surface area contributed by atoms with Crippen LogP contribution in [0.15, 0.2) is 24.3 Å². The molecule has 4 fully saturated rings. The molecule has 0 heterocycles. The highest BCUT2D eigenvalue weighted by atomic mass is 16.2. The zero-order valence-electron chi connectivity index (χ0n) is 16.6. The number of carbonyl (C=O) groups excluding carboxylic acids is 2. The van der Waals surface area contributed by atoms with Crippen molar-refractivity contribution in [2.24, 2.45) is 23.2 Å². The number of rotatable bonds is 6. The van der Waals surface area contributed by atoms with Crippen LogP contribution in [0.4, 0.5) is 5.69 Å². The van der Waals surface area contributed by atoms with E-state index in [1.165, 1.54) is 44.1 Å².